The zero-order chi connectivity index (χ0) is 31.7. The molecule has 0 spiro atoms. The molecule has 2 N–H and O–H groups in total. The van der Waals surface area contributed by atoms with Gasteiger partial charge in [0.05, 0.1) is 16.1 Å². The molecule has 4 aromatic rings. The first kappa shape index (κ1) is 32.3. The zero-order valence-corrected chi connectivity index (χ0v) is 26.7. The molecular weight excluding hydrogens is 613 g/mol. The molecule has 1 amide bonds. The molecule has 2 heterocycles. The van der Waals surface area contributed by atoms with Gasteiger partial charge in [0.15, 0.2) is 0 Å². The quantitative estimate of drug-likeness (QED) is 0.239. The Morgan fingerprint density at radius 1 is 1.02 bits per heavy atom. The number of fused-ring (bicyclic) bond motifs is 1. The van der Waals surface area contributed by atoms with Gasteiger partial charge in [-0.25, -0.2) is 18.2 Å². The number of likely N-dealkylation sites (N-methyl/N-ethyl adjacent to an activating group) is 1. The summed E-state index contributed by atoms with van der Waals surface area (Å²) in [4.78, 5) is 31.5. The van der Waals surface area contributed by atoms with Gasteiger partial charge in [-0.3, -0.25) is 9.10 Å². The first-order valence-corrected chi connectivity index (χ1v) is 15.5. The first-order chi connectivity index (χ1) is 20.1. The highest BCUT2D eigenvalue weighted by atomic mass is 35.5. The summed E-state index contributed by atoms with van der Waals surface area (Å²) in [5.41, 5.74) is 0.256. The van der Waals surface area contributed by atoms with Crippen LogP contribution in [0.25, 0.3) is 16.7 Å². The number of pyridine rings is 1. The van der Waals surface area contributed by atoms with E-state index >= 15 is 0 Å². The van der Waals surface area contributed by atoms with Gasteiger partial charge in [0.2, 0.25) is 0 Å². The molecular formula is C30H33Cl2N5O5S. The Hall–Kier alpha value is -3.64. The van der Waals surface area contributed by atoms with E-state index in [1.807, 2.05) is 19.0 Å². The molecule has 0 radical (unpaired) electrons. The van der Waals surface area contributed by atoms with Crippen LogP contribution in [0.1, 0.15) is 31.1 Å². The molecule has 0 saturated heterocycles. The monoisotopic (exact) mass is 645 g/mol. The van der Waals surface area contributed by atoms with Crippen molar-refractivity contribution in [1.29, 1.82) is 0 Å². The number of amides is 1. The second kappa shape index (κ2) is 12.5. The molecule has 2 aromatic heterocycles. The number of aliphatic carboxylic acids is 1. The number of carboxylic acid groups (broad SMARTS) is 1. The van der Waals surface area contributed by atoms with Crippen molar-refractivity contribution in [2.45, 2.75) is 31.7 Å². The lowest BCUT2D eigenvalue weighted by Crippen LogP contribution is -2.52. The van der Waals surface area contributed by atoms with Crippen molar-refractivity contribution in [1.82, 2.24) is 19.8 Å². The van der Waals surface area contributed by atoms with E-state index in [-0.39, 0.29) is 26.5 Å². The molecule has 0 aliphatic carbocycles. The average molecular weight is 647 g/mol. The van der Waals surface area contributed by atoms with Gasteiger partial charge in [0.1, 0.15) is 11.9 Å². The summed E-state index contributed by atoms with van der Waals surface area (Å²) in [6.07, 6.45) is 3.29. The lowest BCUT2D eigenvalue weighted by Gasteiger charge is -2.37. The van der Waals surface area contributed by atoms with Crippen LogP contribution in [0.15, 0.2) is 71.9 Å². The molecule has 4 rings (SSSR count). The Morgan fingerprint density at radius 2 is 1.70 bits per heavy atom. The smallest absolute Gasteiger partial charge is 0.328 e. The minimum atomic E-state index is -4.45. The highest BCUT2D eigenvalue weighted by Crippen LogP contribution is 2.37. The second-order valence-corrected chi connectivity index (χ2v) is 14.1. The number of carbonyl (C=O) groups excluding carboxylic acids is 1. The number of aromatic nitrogens is 2. The summed E-state index contributed by atoms with van der Waals surface area (Å²) in [6.45, 7) is 6.16. The summed E-state index contributed by atoms with van der Waals surface area (Å²) in [7, 11) is -0.607. The third-order valence-corrected chi connectivity index (χ3v) is 8.92. The number of carboxylic acids is 1. The van der Waals surface area contributed by atoms with Crippen LogP contribution < -0.4 is 9.62 Å². The molecule has 1 atom stereocenters. The number of rotatable bonds is 10. The molecule has 2 aromatic carbocycles. The number of halogens is 2. The SMILES string of the molecule is CN(C)CCNC(=O)c1ccnc(-n2ccc3cc(N(C(C(=O)O)C(C)(C)C)S(=O)(=O)c4cc(Cl)cc(Cl)c4)ccc32)c1. The van der Waals surface area contributed by atoms with Crippen molar-refractivity contribution in [2.24, 2.45) is 5.41 Å². The normalized spacial score (nSPS) is 12.8. The summed E-state index contributed by atoms with van der Waals surface area (Å²) < 4.78 is 30.9. The van der Waals surface area contributed by atoms with E-state index in [2.05, 4.69) is 10.3 Å². The molecule has 13 heteroatoms. The number of benzene rings is 2. The van der Waals surface area contributed by atoms with Crippen molar-refractivity contribution >= 4 is 61.7 Å². The van der Waals surface area contributed by atoms with Gasteiger partial charge in [-0.1, -0.05) is 44.0 Å². The number of hydrogen-bond donors (Lipinski definition) is 2. The van der Waals surface area contributed by atoms with Gasteiger partial charge in [0.25, 0.3) is 15.9 Å². The van der Waals surface area contributed by atoms with Gasteiger partial charge in [-0.05, 0) is 74.1 Å². The number of anilines is 1. The van der Waals surface area contributed by atoms with Gasteiger partial charge < -0.3 is 19.9 Å². The van der Waals surface area contributed by atoms with Gasteiger partial charge >= 0.3 is 5.97 Å². The Labute approximate surface area is 260 Å². The summed E-state index contributed by atoms with van der Waals surface area (Å²) in [6, 6.07) is 12.3. The Morgan fingerprint density at radius 3 is 2.30 bits per heavy atom. The number of carbonyl (C=O) groups is 2. The Kier molecular flexibility index (Phi) is 9.41. The van der Waals surface area contributed by atoms with Crippen molar-refractivity contribution in [2.75, 3.05) is 31.5 Å². The van der Waals surface area contributed by atoms with Crippen LogP contribution in [-0.4, -0.2) is 73.1 Å². The number of hydrogen-bond acceptors (Lipinski definition) is 6. The number of nitrogens with one attached hydrogen (secondary N) is 1. The first-order valence-electron chi connectivity index (χ1n) is 13.3. The van der Waals surface area contributed by atoms with Gasteiger partial charge in [0, 0.05) is 46.5 Å². The summed E-state index contributed by atoms with van der Waals surface area (Å²) in [5.74, 6) is -1.06. The molecule has 0 saturated carbocycles. The number of sulfonamides is 1. The van der Waals surface area contributed by atoms with Gasteiger partial charge in [-0.2, -0.15) is 0 Å². The van der Waals surface area contributed by atoms with Crippen LogP contribution in [0.5, 0.6) is 0 Å². The van der Waals surface area contributed by atoms with E-state index in [0.29, 0.717) is 35.4 Å². The van der Waals surface area contributed by atoms with Crippen LogP contribution in [0.2, 0.25) is 10.0 Å². The van der Waals surface area contributed by atoms with E-state index in [1.54, 1.807) is 74.1 Å². The maximum Gasteiger partial charge on any atom is 0.328 e. The second-order valence-electron chi connectivity index (χ2n) is 11.4. The minimum absolute atomic E-state index is 0.0994. The van der Waals surface area contributed by atoms with Crippen molar-refractivity contribution in [3.05, 3.63) is 82.6 Å². The van der Waals surface area contributed by atoms with E-state index in [9.17, 15) is 23.1 Å². The maximum atomic E-state index is 14.1. The van der Waals surface area contributed by atoms with Crippen molar-refractivity contribution in [3.8, 4) is 5.82 Å². The third-order valence-electron chi connectivity index (χ3n) is 6.71. The van der Waals surface area contributed by atoms with E-state index in [1.165, 1.54) is 18.2 Å². The van der Waals surface area contributed by atoms with Crippen molar-refractivity contribution in [3.63, 3.8) is 0 Å². The highest BCUT2D eigenvalue weighted by molar-refractivity contribution is 7.93. The molecule has 0 bridgehead atoms. The summed E-state index contributed by atoms with van der Waals surface area (Å²) >= 11 is 12.3. The molecule has 0 aliphatic heterocycles. The predicted octanol–water partition coefficient (Wildman–Crippen LogP) is 5.32. The zero-order valence-electron chi connectivity index (χ0n) is 24.4. The van der Waals surface area contributed by atoms with Crippen molar-refractivity contribution < 1.29 is 23.1 Å². The van der Waals surface area contributed by atoms with Crippen LogP contribution in [0.3, 0.4) is 0 Å². The van der Waals surface area contributed by atoms with Crippen LogP contribution >= 0.6 is 23.2 Å². The van der Waals surface area contributed by atoms with Crippen LogP contribution in [0.4, 0.5) is 5.69 Å². The maximum absolute atomic E-state index is 14.1. The van der Waals surface area contributed by atoms with E-state index in [4.69, 9.17) is 23.2 Å². The third kappa shape index (κ3) is 7.13. The average Bonchev–Trinajstić information content (AvgIpc) is 3.33. The fraction of sp³-hybridized carbons (Fsp3) is 0.300. The Bertz CT molecular complexity index is 1760. The van der Waals surface area contributed by atoms with Crippen LogP contribution in [-0.2, 0) is 14.8 Å². The highest BCUT2D eigenvalue weighted by Gasteiger charge is 2.43. The fourth-order valence-corrected chi connectivity index (χ4v) is 7.20. The molecule has 0 aliphatic rings. The predicted molar refractivity (Wildman–Crippen MR) is 169 cm³/mol. The topological polar surface area (TPSA) is 125 Å². The fourth-order valence-electron chi connectivity index (χ4n) is 4.69. The van der Waals surface area contributed by atoms with E-state index in [0.717, 1.165) is 4.31 Å². The molecule has 10 nitrogen and oxygen atoms in total. The standard InChI is InChI=1S/C30H33Cl2N5O5S/c1-30(2,3)27(29(39)40)37(43(41,42)24-17-21(31)16-22(32)18-24)23-6-7-25-19(14-23)9-12-36(25)26-15-20(8-10-33-26)28(38)34-11-13-35(4)5/h6-10,12,14-18,27H,11,13H2,1-5H3,(H,34,38)(H,39,40). The number of nitrogens with zero attached hydrogens (tertiary/aromatic N) is 4. The van der Waals surface area contributed by atoms with Gasteiger partial charge in [-0.15, -0.1) is 0 Å². The molecule has 43 heavy (non-hydrogen) atoms. The molecule has 1 unspecified atom stereocenters. The van der Waals surface area contributed by atoms with Crippen LogP contribution in [0, 0.1) is 5.41 Å². The lowest BCUT2D eigenvalue weighted by molar-refractivity contribution is -0.140. The summed E-state index contributed by atoms with van der Waals surface area (Å²) in [5, 5.41) is 14.0. The van der Waals surface area contributed by atoms with E-state index < -0.39 is 27.4 Å². The molecule has 0 fully saturated rings. The Balaban J connectivity index is 1.80. The minimum Gasteiger partial charge on any atom is -0.480 e. The largest absolute Gasteiger partial charge is 0.480 e. The lowest BCUT2D eigenvalue weighted by atomic mass is 9.86. The molecule has 228 valence electrons.